The minimum absolute atomic E-state index is 0.239. The lowest BCUT2D eigenvalue weighted by Gasteiger charge is -2.14. The van der Waals surface area contributed by atoms with E-state index in [-0.39, 0.29) is 11.5 Å². The van der Waals surface area contributed by atoms with Gasteiger partial charge >= 0.3 is 0 Å². The molecule has 0 unspecified atom stereocenters. The molecular weight excluding hydrogens is 424 g/mol. The highest BCUT2D eigenvalue weighted by Gasteiger charge is 2.33. The number of methoxy groups -OCH3 is 3. The van der Waals surface area contributed by atoms with Crippen LogP contribution < -0.4 is 25.1 Å². The summed E-state index contributed by atoms with van der Waals surface area (Å²) >= 11 is 0. The molecule has 1 fully saturated rings. The fourth-order valence-electron chi connectivity index (χ4n) is 3.74. The Morgan fingerprint density at radius 3 is 2.18 bits per heavy atom. The number of benzene rings is 2. The second-order valence-corrected chi connectivity index (χ2v) is 7.74. The summed E-state index contributed by atoms with van der Waals surface area (Å²) in [6.07, 6.45) is 3.53. The van der Waals surface area contributed by atoms with Gasteiger partial charge in [-0.2, -0.15) is 5.10 Å². The molecule has 1 aliphatic carbocycles. The second kappa shape index (κ2) is 9.23. The minimum atomic E-state index is -0.526. The maximum absolute atomic E-state index is 13.0. The molecule has 0 spiro atoms. The first-order chi connectivity index (χ1) is 16.0. The number of hydrogen-bond donors (Lipinski definition) is 2. The summed E-state index contributed by atoms with van der Waals surface area (Å²) in [6.45, 7) is 2.01. The topological polar surface area (TPSA) is 104 Å². The number of nitrogens with one attached hydrogen (secondary N) is 2. The van der Waals surface area contributed by atoms with Crippen molar-refractivity contribution in [2.75, 3.05) is 21.3 Å². The summed E-state index contributed by atoms with van der Waals surface area (Å²) in [6, 6.07) is 10.9. The largest absolute Gasteiger partial charge is 0.493 e. The van der Waals surface area contributed by atoms with Crippen molar-refractivity contribution in [1.82, 2.24) is 20.6 Å². The quantitative estimate of drug-likeness (QED) is 0.536. The number of aryl methyl sites for hydroxylation is 1. The van der Waals surface area contributed by atoms with Gasteiger partial charge in [0.2, 0.25) is 5.75 Å². The van der Waals surface area contributed by atoms with E-state index in [4.69, 9.17) is 14.2 Å². The van der Waals surface area contributed by atoms with Crippen molar-refractivity contribution < 1.29 is 23.8 Å². The summed E-state index contributed by atoms with van der Waals surface area (Å²) < 4.78 is 17.7. The highest BCUT2D eigenvalue weighted by molar-refractivity contribution is 6.00. The number of amides is 2. The molecule has 0 bridgehead atoms. The van der Waals surface area contributed by atoms with Crippen molar-refractivity contribution in [3.8, 4) is 22.9 Å². The van der Waals surface area contributed by atoms with Gasteiger partial charge in [0.25, 0.3) is 11.8 Å². The van der Waals surface area contributed by atoms with Crippen LogP contribution in [-0.4, -0.2) is 42.9 Å². The molecular formula is C24H26N4O5. The van der Waals surface area contributed by atoms with Gasteiger partial charge in [0.15, 0.2) is 11.5 Å². The van der Waals surface area contributed by atoms with Gasteiger partial charge in [-0.15, -0.1) is 0 Å². The SMILES string of the molecule is COc1cc(C(=O)NNC(=O)c2cnn(-c3ccccc3C)c2C2CC2)cc(OC)c1OC. The number of carbonyl (C=O) groups is 2. The van der Waals surface area contributed by atoms with Crippen molar-refractivity contribution in [3.63, 3.8) is 0 Å². The van der Waals surface area contributed by atoms with Crippen LogP contribution in [0.2, 0.25) is 0 Å². The van der Waals surface area contributed by atoms with Crippen LogP contribution in [0, 0.1) is 6.92 Å². The smallest absolute Gasteiger partial charge is 0.273 e. The lowest BCUT2D eigenvalue weighted by Crippen LogP contribution is -2.41. The van der Waals surface area contributed by atoms with E-state index in [2.05, 4.69) is 16.0 Å². The van der Waals surface area contributed by atoms with E-state index in [9.17, 15) is 9.59 Å². The molecule has 1 heterocycles. The molecule has 4 rings (SSSR count). The highest BCUT2D eigenvalue weighted by atomic mass is 16.5. The van der Waals surface area contributed by atoms with Gasteiger partial charge in [-0.05, 0) is 43.5 Å². The molecule has 1 aromatic heterocycles. The molecule has 33 heavy (non-hydrogen) atoms. The number of rotatable bonds is 7. The maximum atomic E-state index is 13.0. The Morgan fingerprint density at radius 2 is 1.61 bits per heavy atom. The zero-order chi connectivity index (χ0) is 23.5. The van der Waals surface area contributed by atoms with Crippen molar-refractivity contribution in [2.45, 2.75) is 25.7 Å². The molecule has 0 saturated heterocycles. The first kappa shape index (κ1) is 22.2. The third-order valence-corrected chi connectivity index (χ3v) is 5.58. The van der Waals surface area contributed by atoms with Crippen LogP contribution in [0.5, 0.6) is 17.2 Å². The molecule has 0 atom stereocenters. The fraction of sp³-hybridized carbons (Fsp3) is 0.292. The molecule has 172 valence electrons. The summed E-state index contributed by atoms with van der Waals surface area (Å²) in [7, 11) is 4.41. The standard InChI is InChI=1S/C24H26N4O5/c1-14-7-5-6-8-18(14)28-21(15-9-10-15)17(13-25-28)24(30)27-26-23(29)16-11-19(31-2)22(33-4)20(12-16)32-3/h5-8,11-13,15H,9-10H2,1-4H3,(H,26,29)(H,27,30). The Labute approximate surface area is 191 Å². The van der Waals surface area contributed by atoms with E-state index in [1.54, 1.807) is 6.20 Å². The van der Waals surface area contributed by atoms with Crippen LogP contribution in [0.1, 0.15) is 50.7 Å². The average molecular weight is 450 g/mol. The third kappa shape index (κ3) is 4.34. The van der Waals surface area contributed by atoms with Gasteiger partial charge in [0, 0.05) is 11.5 Å². The van der Waals surface area contributed by atoms with Gasteiger partial charge in [-0.25, -0.2) is 4.68 Å². The summed E-state index contributed by atoms with van der Waals surface area (Å²) in [5.74, 6) is 0.351. The lowest BCUT2D eigenvalue weighted by molar-refractivity contribution is 0.0845. The van der Waals surface area contributed by atoms with E-state index in [0.717, 1.165) is 29.8 Å². The third-order valence-electron chi connectivity index (χ3n) is 5.58. The first-order valence-corrected chi connectivity index (χ1v) is 10.5. The zero-order valence-electron chi connectivity index (χ0n) is 19.0. The van der Waals surface area contributed by atoms with E-state index in [0.29, 0.717) is 22.8 Å². The monoisotopic (exact) mass is 450 g/mol. The number of carbonyl (C=O) groups excluding carboxylic acids is 2. The van der Waals surface area contributed by atoms with E-state index < -0.39 is 11.8 Å². The number of hydrazine groups is 1. The van der Waals surface area contributed by atoms with Crippen LogP contribution in [0.25, 0.3) is 5.69 Å². The van der Waals surface area contributed by atoms with E-state index in [1.165, 1.54) is 33.5 Å². The van der Waals surface area contributed by atoms with Crippen LogP contribution in [0.4, 0.5) is 0 Å². The van der Waals surface area contributed by atoms with Gasteiger partial charge in [-0.1, -0.05) is 18.2 Å². The van der Waals surface area contributed by atoms with Gasteiger partial charge in [-0.3, -0.25) is 20.4 Å². The second-order valence-electron chi connectivity index (χ2n) is 7.74. The van der Waals surface area contributed by atoms with Crippen LogP contribution in [0.15, 0.2) is 42.6 Å². The Balaban J connectivity index is 1.54. The number of nitrogens with zero attached hydrogens (tertiary/aromatic N) is 2. The molecule has 1 saturated carbocycles. The molecule has 3 aromatic rings. The lowest BCUT2D eigenvalue weighted by atomic mass is 10.1. The fourth-order valence-corrected chi connectivity index (χ4v) is 3.74. The average Bonchev–Trinajstić information content (AvgIpc) is 3.59. The normalized spacial score (nSPS) is 12.7. The first-order valence-electron chi connectivity index (χ1n) is 10.5. The highest BCUT2D eigenvalue weighted by Crippen LogP contribution is 2.42. The molecule has 0 radical (unpaired) electrons. The number of aromatic nitrogens is 2. The molecule has 0 aliphatic heterocycles. The van der Waals surface area contributed by atoms with Crippen molar-refractivity contribution in [2.24, 2.45) is 0 Å². The zero-order valence-corrected chi connectivity index (χ0v) is 19.0. The van der Waals surface area contributed by atoms with Gasteiger partial charge < -0.3 is 14.2 Å². The van der Waals surface area contributed by atoms with E-state index in [1.807, 2.05) is 35.9 Å². The molecule has 2 amide bonds. The van der Waals surface area contributed by atoms with Crippen LogP contribution in [0.3, 0.4) is 0 Å². The molecule has 9 heteroatoms. The van der Waals surface area contributed by atoms with Crippen LogP contribution >= 0.6 is 0 Å². The molecule has 9 nitrogen and oxygen atoms in total. The Morgan fingerprint density at radius 1 is 0.970 bits per heavy atom. The van der Waals surface area contributed by atoms with Crippen LogP contribution in [-0.2, 0) is 0 Å². The molecule has 1 aliphatic rings. The summed E-state index contributed by atoms with van der Waals surface area (Å²) in [4.78, 5) is 25.7. The summed E-state index contributed by atoms with van der Waals surface area (Å²) in [5.41, 5.74) is 8.47. The Hall–Kier alpha value is -4.01. The molecule has 2 aromatic carbocycles. The molecule has 2 N–H and O–H groups in total. The van der Waals surface area contributed by atoms with Gasteiger partial charge in [0.1, 0.15) is 0 Å². The Bertz CT molecular complexity index is 1170. The van der Waals surface area contributed by atoms with Crippen molar-refractivity contribution >= 4 is 11.8 Å². The minimum Gasteiger partial charge on any atom is -0.493 e. The maximum Gasteiger partial charge on any atom is 0.273 e. The van der Waals surface area contributed by atoms with Gasteiger partial charge in [0.05, 0.1) is 44.5 Å². The number of ether oxygens (including phenoxy) is 3. The van der Waals surface area contributed by atoms with Crippen molar-refractivity contribution in [3.05, 3.63) is 65.0 Å². The van der Waals surface area contributed by atoms with E-state index >= 15 is 0 Å². The predicted octanol–water partition coefficient (Wildman–Crippen LogP) is 3.16. The predicted molar refractivity (Wildman–Crippen MR) is 121 cm³/mol. The summed E-state index contributed by atoms with van der Waals surface area (Å²) in [5, 5.41) is 4.48. The number of para-hydroxylation sites is 1. The Kier molecular flexibility index (Phi) is 6.21. The van der Waals surface area contributed by atoms with Crippen molar-refractivity contribution in [1.29, 1.82) is 0 Å². The number of hydrogen-bond acceptors (Lipinski definition) is 6.